The van der Waals surface area contributed by atoms with Crippen LogP contribution in [0.2, 0.25) is 0 Å². The van der Waals surface area contributed by atoms with E-state index in [1.807, 2.05) is 35.8 Å². The van der Waals surface area contributed by atoms with E-state index >= 15 is 0 Å². The second kappa shape index (κ2) is 10.1. The summed E-state index contributed by atoms with van der Waals surface area (Å²) in [4.78, 5) is 12.9. The summed E-state index contributed by atoms with van der Waals surface area (Å²) in [5.74, 6) is 0.643. The summed E-state index contributed by atoms with van der Waals surface area (Å²) in [6, 6.07) is 14.4. The lowest BCUT2D eigenvalue weighted by Gasteiger charge is -2.17. The molecule has 31 heavy (non-hydrogen) atoms. The molecule has 1 heterocycles. The topological polar surface area (TPSA) is 59.8 Å². The highest BCUT2D eigenvalue weighted by Crippen LogP contribution is 2.30. The molecule has 0 fully saturated rings. The Morgan fingerprint density at radius 3 is 2.39 bits per heavy atom. The third-order valence-electron chi connectivity index (χ3n) is 4.87. The summed E-state index contributed by atoms with van der Waals surface area (Å²) in [6.07, 6.45) is 0. The highest BCUT2D eigenvalue weighted by atomic mass is 32.2. The molecule has 0 aliphatic heterocycles. The van der Waals surface area contributed by atoms with E-state index in [2.05, 4.69) is 43.2 Å². The van der Waals surface area contributed by atoms with Crippen molar-refractivity contribution in [3.05, 3.63) is 59.9 Å². The predicted molar refractivity (Wildman–Crippen MR) is 125 cm³/mol. The molecule has 1 aromatic heterocycles. The van der Waals surface area contributed by atoms with E-state index in [0.29, 0.717) is 34.9 Å². The normalized spacial score (nSPS) is 12.4. The molecule has 7 heteroatoms. The Balaban J connectivity index is 1.83. The molecule has 1 amide bonds. The third kappa shape index (κ3) is 5.53. The molecule has 3 aromatic rings. The molecule has 5 nitrogen and oxygen atoms in total. The number of nitrogens with zero attached hydrogens (tertiary/aromatic N) is 3. The smallest absolute Gasteiger partial charge is 0.237 e. The Bertz CT molecular complexity index is 1050. The van der Waals surface area contributed by atoms with E-state index in [-0.39, 0.29) is 11.7 Å². The van der Waals surface area contributed by atoms with Crippen molar-refractivity contribution in [3.63, 3.8) is 0 Å². The van der Waals surface area contributed by atoms with Crippen LogP contribution in [0.15, 0.2) is 53.7 Å². The number of hydrogen-bond acceptors (Lipinski definition) is 4. The maximum absolute atomic E-state index is 14.4. The molecular weight excluding hydrogens is 411 g/mol. The van der Waals surface area contributed by atoms with Crippen molar-refractivity contribution in [1.82, 2.24) is 14.8 Å². The monoisotopic (exact) mass is 440 g/mol. The lowest BCUT2D eigenvalue weighted by molar-refractivity contribution is -0.115. The number of halogens is 1. The van der Waals surface area contributed by atoms with Gasteiger partial charge in [0.25, 0.3) is 0 Å². The lowest BCUT2D eigenvalue weighted by Crippen LogP contribution is -2.24. The van der Waals surface area contributed by atoms with E-state index < -0.39 is 5.25 Å². The van der Waals surface area contributed by atoms with Crippen molar-refractivity contribution in [3.8, 4) is 11.4 Å². The van der Waals surface area contributed by atoms with Gasteiger partial charge >= 0.3 is 0 Å². The summed E-state index contributed by atoms with van der Waals surface area (Å²) >= 11 is 1.33. The molecule has 0 spiro atoms. The molecular formula is C24H29FN4OS. The summed E-state index contributed by atoms with van der Waals surface area (Å²) in [7, 11) is 0. The largest absolute Gasteiger partial charge is 0.325 e. The van der Waals surface area contributed by atoms with Crippen LogP contribution >= 0.6 is 11.8 Å². The van der Waals surface area contributed by atoms with Gasteiger partial charge in [-0.15, -0.1) is 10.2 Å². The first kappa shape index (κ1) is 23.0. The molecule has 0 aliphatic carbocycles. The van der Waals surface area contributed by atoms with Crippen molar-refractivity contribution in [2.45, 2.75) is 57.5 Å². The third-order valence-corrected chi connectivity index (χ3v) is 5.95. The van der Waals surface area contributed by atoms with Crippen LogP contribution in [0.4, 0.5) is 10.1 Å². The molecule has 0 aliphatic rings. The number of thioether (sulfide) groups is 1. The van der Waals surface area contributed by atoms with Gasteiger partial charge in [-0.2, -0.15) is 0 Å². The van der Waals surface area contributed by atoms with E-state index in [4.69, 9.17) is 0 Å². The first-order valence-corrected chi connectivity index (χ1v) is 11.4. The van der Waals surface area contributed by atoms with Gasteiger partial charge in [-0.05, 0) is 42.5 Å². The minimum absolute atomic E-state index is 0.107. The fourth-order valence-electron chi connectivity index (χ4n) is 3.31. The van der Waals surface area contributed by atoms with E-state index in [1.165, 1.54) is 17.8 Å². The van der Waals surface area contributed by atoms with Gasteiger partial charge in [-0.3, -0.25) is 4.79 Å². The number of carbonyl (C=O) groups excluding carboxylic acids is 1. The average molecular weight is 441 g/mol. The summed E-state index contributed by atoms with van der Waals surface area (Å²) < 4.78 is 16.3. The SMILES string of the molecule is CC(C)Cn1c(SC(C)C(=O)Nc2ccccc2C(C)C)nnc1-c1ccccc1F. The van der Waals surface area contributed by atoms with E-state index in [0.717, 1.165) is 11.3 Å². The Labute approximate surface area is 187 Å². The molecule has 1 unspecified atom stereocenters. The summed E-state index contributed by atoms with van der Waals surface area (Å²) in [5.41, 5.74) is 2.33. The Morgan fingerprint density at radius 1 is 1.03 bits per heavy atom. The molecule has 0 radical (unpaired) electrons. The van der Waals surface area contributed by atoms with Crippen LogP contribution in [0, 0.1) is 11.7 Å². The summed E-state index contributed by atoms with van der Waals surface area (Å²) in [6.45, 7) is 10.8. The van der Waals surface area contributed by atoms with Crippen molar-refractivity contribution in [2.75, 3.05) is 5.32 Å². The standard InChI is InChI=1S/C24H29FN4OS/c1-15(2)14-29-22(19-11-6-8-12-20(19)25)27-28-24(29)31-17(5)23(30)26-21-13-9-7-10-18(21)16(3)4/h6-13,15-17H,14H2,1-5H3,(H,26,30). The van der Waals surface area contributed by atoms with Crippen molar-refractivity contribution in [2.24, 2.45) is 5.92 Å². The van der Waals surface area contributed by atoms with Crippen LogP contribution in [0.1, 0.15) is 46.1 Å². The lowest BCUT2D eigenvalue weighted by atomic mass is 10.0. The first-order valence-electron chi connectivity index (χ1n) is 10.5. The maximum atomic E-state index is 14.4. The highest BCUT2D eigenvalue weighted by Gasteiger charge is 2.23. The Morgan fingerprint density at radius 2 is 1.71 bits per heavy atom. The molecule has 0 saturated carbocycles. The number of carbonyl (C=O) groups is 1. The minimum Gasteiger partial charge on any atom is -0.325 e. The van der Waals surface area contributed by atoms with Gasteiger partial charge in [0.15, 0.2) is 11.0 Å². The van der Waals surface area contributed by atoms with Gasteiger partial charge in [-0.1, -0.05) is 69.8 Å². The molecule has 0 saturated heterocycles. The van der Waals surface area contributed by atoms with Crippen molar-refractivity contribution in [1.29, 1.82) is 0 Å². The fraction of sp³-hybridized carbons (Fsp3) is 0.375. The highest BCUT2D eigenvalue weighted by molar-refractivity contribution is 8.00. The van der Waals surface area contributed by atoms with Gasteiger partial charge < -0.3 is 9.88 Å². The van der Waals surface area contributed by atoms with Gasteiger partial charge in [0.05, 0.1) is 10.8 Å². The zero-order valence-corrected chi connectivity index (χ0v) is 19.4. The average Bonchev–Trinajstić information content (AvgIpc) is 3.09. The van der Waals surface area contributed by atoms with Crippen LogP contribution in [-0.2, 0) is 11.3 Å². The fourth-order valence-corrected chi connectivity index (χ4v) is 4.17. The predicted octanol–water partition coefficient (Wildman–Crippen LogP) is 5.98. The second-order valence-electron chi connectivity index (χ2n) is 8.28. The minimum atomic E-state index is -0.399. The van der Waals surface area contributed by atoms with Gasteiger partial charge in [0.2, 0.25) is 5.91 Å². The number of nitrogens with one attached hydrogen (secondary N) is 1. The number of rotatable bonds is 8. The van der Waals surface area contributed by atoms with Crippen LogP contribution in [0.3, 0.4) is 0 Å². The van der Waals surface area contributed by atoms with Gasteiger partial charge in [-0.25, -0.2) is 4.39 Å². The van der Waals surface area contributed by atoms with E-state index in [1.54, 1.807) is 18.2 Å². The molecule has 1 atom stereocenters. The van der Waals surface area contributed by atoms with Crippen LogP contribution in [-0.4, -0.2) is 25.9 Å². The number of anilines is 1. The quantitative estimate of drug-likeness (QED) is 0.438. The number of hydrogen-bond donors (Lipinski definition) is 1. The van der Waals surface area contributed by atoms with E-state index in [9.17, 15) is 9.18 Å². The van der Waals surface area contributed by atoms with Crippen LogP contribution in [0.25, 0.3) is 11.4 Å². The van der Waals surface area contributed by atoms with Crippen molar-refractivity contribution >= 4 is 23.4 Å². The van der Waals surface area contributed by atoms with Crippen LogP contribution in [0.5, 0.6) is 0 Å². The first-order chi connectivity index (χ1) is 14.8. The number of aromatic nitrogens is 3. The van der Waals surface area contributed by atoms with Crippen molar-refractivity contribution < 1.29 is 9.18 Å². The Hall–Kier alpha value is -2.67. The van der Waals surface area contributed by atoms with Crippen LogP contribution < -0.4 is 5.32 Å². The number of benzene rings is 2. The molecule has 1 N–H and O–H groups in total. The molecule has 2 aromatic carbocycles. The zero-order valence-electron chi connectivity index (χ0n) is 18.6. The molecule has 0 bridgehead atoms. The maximum Gasteiger partial charge on any atom is 0.237 e. The Kier molecular flexibility index (Phi) is 7.49. The zero-order chi connectivity index (χ0) is 22.5. The molecule has 164 valence electrons. The molecule has 3 rings (SSSR count). The van der Waals surface area contributed by atoms with Gasteiger partial charge in [0, 0.05) is 12.2 Å². The number of amides is 1. The summed E-state index contributed by atoms with van der Waals surface area (Å²) in [5, 5.41) is 11.8. The second-order valence-corrected chi connectivity index (χ2v) is 9.59. The number of para-hydroxylation sites is 1. The van der Waals surface area contributed by atoms with Gasteiger partial charge in [0.1, 0.15) is 5.82 Å².